The standard InChI is InChI=1S/C23H29N3O3S/c1-16(2)12-13-29-20-7-5-6-18(15-20)22(28)25-23(30)24-19-10-8-17(9-11-19)14-21(27)26(3)4/h5-11,15-16H,12-14H2,1-4H3,(H2,24,25,28,30). The summed E-state index contributed by atoms with van der Waals surface area (Å²) < 4.78 is 5.71. The summed E-state index contributed by atoms with van der Waals surface area (Å²) in [5, 5.41) is 5.85. The van der Waals surface area contributed by atoms with E-state index in [0.29, 0.717) is 30.3 Å². The Morgan fingerprint density at radius 3 is 2.43 bits per heavy atom. The monoisotopic (exact) mass is 427 g/mol. The third-order valence-corrected chi connectivity index (χ3v) is 4.56. The van der Waals surface area contributed by atoms with Crippen molar-refractivity contribution in [1.29, 1.82) is 0 Å². The first-order valence-electron chi connectivity index (χ1n) is 9.89. The van der Waals surface area contributed by atoms with Gasteiger partial charge in [0.05, 0.1) is 13.0 Å². The van der Waals surface area contributed by atoms with Crippen LogP contribution in [0.3, 0.4) is 0 Å². The van der Waals surface area contributed by atoms with Crippen LogP contribution >= 0.6 is 12.2 Å². The SMILES string of the molecule is CC(C)CCOc1cccc(C(=O)NC(=S)Nc2ccc(CC(=O)N(C)C)cc2)c1. The number of carbonyl (C=O) groups is 2. The summed E-state index contributed by atoms with van der Waals surface area (Å²) in [5.74, 6) is 0.941. The number of likely N-dealkylation sites (N-methyl/N-ethyl adjacent to an activating group) is 1. The number of benzene rings is 2. The van der Waals surface area contributed by atoms with Crippen molar-refractivity contribution in [2.45, 2.75) is 26.7 Å². The topological polar surface area (TPSA) is 70.7 Å². The zero-order valence-corrected chi connectivity index (χ0v) is 18.7. The Hall–Kier alpha value is -2.93. The first kappa shape index (κ1) is 23.3. The molecule has 0 spiro atoms. The highest BCUT2D eigenvalue weighted by Crippen LogP contribution is 2.15. The molecule has 0 aliphatic heterocycles. The highest BCUT2D eigenvalue weighted by molar-refractivity contribution is 7.80. The molecule has 0 atom stereocenters. The van der Waals surface area contributed by atoms with Gasteiger partial charge in [-0.3, -0.25) is 14.9 Å². The van der Waals surface area contributed by atoms with Crippen molar-refractivity contribution in [1.82, 2.24) is 10.2 Å². The van der Waals surface area contributed by atoms with Crippen LogP contribution in [0.1, 0.15) is 36.2 Å². The Morgan fingerprint density at radius 2 is 1.80 bits per heavy atom. The summed E-state index contributed by atoms with van der Waals surface area (Å²) >= 11 is 5.25. The molecule has 0 bridgehead atoms. The quantitative estimate of drug-likeness (QED) is 0.626. The molecular formula is C23H29N3O3S. The number of anilines is 1. The van der Waals surface area contributed by atoms with Crippen molar-refractivity contribution in [3.8, 4) is 5.75 Å². The third-order valence-electron chi connectivity index (χ3n) is 4.35. The summed E-state index contributed by atoms with van der Waals surface area (Å²) in [4.78, 5) is 25.8. The lowest BCUT2D eigenvalue weighted by atomic mass is 10.1. The second kappa shape index (κ2) is 11.3. The molecule has 2 rings (SSSR count). The van der Waals surface area contributed by atoms with Gasteiger partial charge in [-0.1, -0.05) is 32.0 Å². The third kappa shape index (κ3) is 7.83. The van der Waals surface area contributed by atoms with Crippen molar-refractivity contribution >= 4 is 34.8 Å². The number of nitrogens with one attached hydrogen (secondary N) is 2. The Balaban J connectivity index is 1.88. The summed E-state index contributed by atoms with van der Waals surface area (Å²) in [7, 11) is 3.46. The number of rotatable bonds is 8. The van der Waals surface area contributed by atoms with E-state index in [-0.39, 0.29) is 16.9 Å². The summed E-state index contributed by atoms with van der Waals surface area (Å²) in [6, 6.07) is 14.4. The first-order chi connectivity index (χ1) is 14.2. The minimum absolute atomic E-state index is 0.0360. The van der Waals surface area contributed by atoms with E-state index in [1.54, 1.807) is 37.2 Å². The van der Waals surface area contributed by atoms with E-state index in [1.165, 1.54) is 0 Å². The molecule has 0 saturated carbocycles. The van der Waals surface area contributed by atoms with E-state index in [0.717, 1.165) is 17.7 Å². The maximum atomic E-state index is 12.5. The molecule has 2 amide bonds. The summed E-state index contributed by atoms with van der Waals surface area (Å²) in [6.07, 6.45) is 1.29. The second-order valence-corrected chi connectivity index (χ2v) is 8.04. The number of nitrogens with zero attached hydrogens (tertiary/aromatic N) is 1. The van der Waals surface area contributed by atoms with Gasteiger partial charge in [0, 0.05) is 25.3 Å². The zero-order valence-electron chi connectivity index (χ0n) is 17.9. The van der Waals surface area contributed by atoms with Gasteiger partial charge in [-0.2, -0.15) is 0 Å². The van der Waals surface area contributed by atoms with Gasteiger partial charge >= 0.3 is 0 Å². The van der Waals surface area contributed by atoms with Crippen LogP contribution in [0.4, 0.5) is 5.69 Å². The minimum atomic E-state index is -0.310. The van der Waals surface area contributed by atoms with E-state index >= 15 is 0 Å². The fraction of sp³-hybridized carbons (Fsp3) is 0.348. The summed E-state index contributed by atoms with van der Waals surface area (Å²) in [5.41, 5.74) is 2.11. The van der Waals surface area contributed by atoms with E-state index in [1.807, 2.05) is 30.3 Å². The van der Waals surface area contributed by atoms with Gasteiger partial charge in [-0.05, 0) is 60.5 Å². The Morgan fingerprint density at radius 1 is 1.10 bits per heavy atom. The maximum absolute atomic E-state index is 12.5. The molecule has 7 heteroatoms. The molecule has 0 aliphatic carbocycles. The molecule has 0 fully saturated rings. The highest BCUT2D eigenvalue weighted by atomic mass is 32.1. The van der Waals surface area contributed by atoms with Gasteiger partial charge in [-0.25, -0.2) is 0 Å². The molecule has 0 aliphatic rings. The lowest BCUT2D eigenvalue weighted by Gasteiger charge is -2.12. The molecule has 2 aromatic carbocycles. The van der Waals surface area contributed by atoms with Crippen LogP contribution in [-0.2, 0) is 11.2 Å². The van der Waals surface area contributed by atoms with Crippen LogP contribution in [0.5, 0.6) is 5.75 Å². The van der Waals surface area contributed by atoms with Crippen LogP contribution in [0.2, 0.25) is 0 Å². The van der Waals surface area contributed by atoms with Gasteiger partial charge in [-0.15, -0.1) is 0 Å². The van der Waals surface area contributed by atoms with Gasteiger partial charge in [0.15, 0.2) is 5.11 Å². The van der Waals surface area contributed by atoms with Gasteiger partial charge in [0.1, 0.15) is 5.75 Å². The number of carbonyl (C=O) groups excluding carboxylic acids is 2. The molecule has 30 heavy (non-hydrogen) atoms. The van der Waals surface area contributed by atoms with Crippen molar-refractivity contribution in [3.05, 3.63) is 59.7 Å². The Labute approximate surface area is 183 Å². The molecule has 6 nitrogen and oxygen atoms in total. The van der Waals surface area contributed by atoms with Crippen molar-refractivity contribution in [2.75, 3.05) is 26.0 Å². The number of thiocarbonyl (C=S) groups is 1. The number of hydrogen-bond acceptors (Lipinski definition) is 4. The first-order valence-corrected chi connectivity index (χ1v) is 10.3. The molecule has 0 saturated heterocycles. The van der Waals surface area contributed by atoms with E-state index in [4.69, 9.17) is 17.0 Å². The molecule has 0 aromatic heterocycles. The number of hydrogen-bond donors (Lipinski definition) is 2. The van der Waals surface area contributed by atoms with Crippen LogP contribution in [0.25, 0.3) is 0 Å². The van der Waals surface area contributed by atoms with Crippen LogP contribution in [0.15, 0.2) is 48.5 Å². The maximum Gasteiger partial charge on any atom is 0.257 e. The number of amides is 2. The molecule has 160 valence electrons. The van der Waals surface area contributed by atoms with Crippen LogP contribution in [-0.4, -0.2) is 42.5 Å². The van der Waals surface area contributed by atoms with Gasteiger partial charge in [0.25, 0.3) is 5.91 Å². The average molecular weight is 428 g/mol. The fourth-order valence-corrected chi connectivity index (χ4v) is 2.73. The van der Waals surface area contributed by atoms with Crippen LogP contribution in [0, 0.1) is 5.92 Å². The summed E-state index contributed by atoms with van der Waals surface area (Å²) in [6.45, 7) is 4.88. The van der Waals surface area contributed by atoms with E-state index in [2.05, 4.69) is 24.5 Å². The highest BCUT2D eigenvalue weighted by Gasteiger charge is 2.10. The van der Waals surface area contributed by atoms with E-state index < -0.39 is 0 Å². The lowest BCUT2D eigenvalue weighted by molar-refractivity contribution is -0.127. The van der Waals surface area contributed by atoms with E-state index in [9.17, 15) is 9.59 Å². The van der Waals surface area contributed by atoms with Crippen molar-refractivity contribution in [3.63, 3.8) is 0 Å². The largest absolute Gasteiger partial charge is 0.494 e. The average Bonchev–Trinajstić information content (AvgIpc) is 2.69. The van der Waals surface area contributed by atoms with Gasteiger partial charge in [0.2, 0.25) is 5.91 Å². The van der Waals surface area contributed by atoms with Crippen molar-refractivity contribution in [2.24, 2.45) is 5.92 Å². The smallest absolute Gasteiger partial charge is 0.257 e. The Kier molecular flexibility index (Phi) is 8.80. The normalized spacial score (nSPS) is 10.4. The molecule has 2 N–H and O–H groups in total. The zero-order chi connectivity index (χ0) is 22.1. The second-order valence-electron chi connectivity index (χ2n) is 7.63. The molecule has 0 heterocycles. The molecular weight excluding hydrogens is 398 g/mol. The van der Waals surface area contributed by atoms with Crippen molar-refractivity contribution < 1.29 is 14.3 Å². The minimum Gasteiger partial charge on any atom is -0.494 e. The Bertz CT molecular complexity index is 880. The lowest BCUT2D eigenvalue weighted by Crippen LogP contribution is -2.34. The molecule has 0 unspecified atom stereocenters. The molecule has 2 aromatic rings. The predicted octanol–water partition coefficient (Wildman–Crippen LogP) is 3.87. The molecule has 0 radical (unpaired) electrons. The number of ether oxygens (including phenoxy) is 1. The fourth-order valence-electron chi connectivity index (χ4n) is 2.52. The van der Waals surface area contributed by atoms with Gasteiger partial charge < -0.3 is 15.0 Å². The van der Waals surface area contributed by atoms with Crippen LogP contribution < -0.4 is 15.4 Å². The predicted molar refractivity (Wildman–Crippen MR) is 124 cm³/mol.